The van der Waals surface area contributed by atoms with Crippen molar-refractivity contribution in [2.24, 2.45) is 5.92 Å². The van der Waals surface area contributed by atoms with Gasteiger partial charge in [-0.05, 0) is 37.0 Å². The van der Waals surface area contributed by atoms with Gasteiger partial charge in [0, 0.05) is 6.54 Å². The average molecular weight is 228 g/mol. The first kappa shape index (κ1) is 12.0. The largest absolute Gasteiger partial charge is 0.384 e. The standard InChI is InChI=1S/C15H20N2/c1-12-6-7-15(14(10-12)11-16)17-9-8-13-4-2-3-5-13/h6-7,10,13,17H,2-5,8-9H2,1H3. The first-order chi connectivity index (χ1) is 8.29. The monoisotopic (exact) mass is 228 g/mol. The minimum absolute atomic E-state index is 0.761. The summed E-state index contributed by atoms with van der Waals surface area (Å²) in [6.07, 6.45) is 6.82. The molecule has 1 aliphatic carbocycles. The van der Waals surface area contributed by atoms with E-state index in [-0.39, 0.29) is 0 Å². The summed E-state index contributed by atoms with van der Waals surface area (Å²) in [6.45, 7) is 3.01. The van der Waals surface area contributed by atoms with Gasteiger partial charge in [-0.2, -0.15) is 5.26 Å². The van der Waals surface area contributed by atoms with Gasteiger partial charge >= 0.3 is 0 Å². The van der Waals surface area contributed by atoms with Crippen LogP contribution in [-0.2, 0) is 0 Å². The molecule has 0 bridgehead atoms. The lowest BCUT2D eigenvalue weighted by Gasteiger charge is -2.12. The van der Waals surface area contributed by atoms with Crippen molar-refractivity contribution in [3.05, 3.63) is 29.3 Å². The summed E-state index contributed by atoms with van der Waals surface area (Å²) in [5, 5.41) is 12.5. The Morgan fingerprint density at radius 3 is 2.82 bits per heavy atom. The van der Waals surface area contributed by atoms with Crippen LogP contribution in [0.4, 0.5) is 5.69 Å². The molecule has 0 spiro atoms. The Bertz CT molecular complexity index is 411. The van der Waals surface area contributed by atoms with Crippen LogP contribution in [0.2, 0.25) is 0 Å². The van der Waals surface area contributed by atoms with Crippen LogP contribution in [-0.4, -0.2) is 6.54 Å². The van der Waals surface area contributed by atoms with Crippen LogP contribution in [0.3, 0.4) is 0 Å². The van der Waals surface area contributed by atoms with Crippen molar-refractivity contribution in [1.29, 1.82) is 5.26 Å². The summed E-state index contributed by atoms with van der Waals surface area (Å²) < 4.78 is 0. The number of nitriles is 1. The second-order valence-electron chi connectivity index (χ2n) is 5.03. The molecule has 0 radical (unpaired) electrons. The molecular weight excluding hydrogens is 208 g/mol. The van der Waals surface area contributed by atoms with Gasteiger partial charge in [0.2, 0.25) is 0 Å². The quantitative estimate of drug-likeness (QED) is 0.849. The van der Waals surface area contributed by atoms with E-state index in [2.05, 4.69) is 17.5 Å². The van der Waals surface area contributed by atoms with Crippen LogP contribution in [0.25, 0.3) is 0 Å². The maximum atomic E-state index is 9.06. The molecule has 1 N–H and O–H groups in total. The first-order valence-electron chi connectivity index (χ1n) is 6.54. The van der Waals surface area contributed by atoms with Crippen LogP contribution < -0.4 is 5.32 Å². The molecule has 0 unspecified atom stereocenters. The molecule has 0 aromatic heterocycles. The predicted molar refractivity (Wildman–Crippen MR) is 71.0 cm³/mol. The zero-order valence-corrected chi connectivity index (χ0v) is 10.5. The van der Waals surface area contributed by atoms with Crippen molar-refractivity contribution >= 4 is 5.69 Å². The molecule has 0 atom stereocenters. The zero-order chi connectivity index (χ0) is 12.1. The molecule has 0 heterocycles. The lowest BCUT2D eigenvalue weighted by molar-refractivity contribution is 0.518. The smallest absolute Gasteiger partial charge is 0.101 e. The number of rotatable bonds is 4. The number of hydrogen-bond acceptors (Lipinski definition) is 2. The molecule has 17 heavy (non-hydrogen) atoms. The molecule has 2 rings (SSSR count). The Balaban J connectivity index is 1.88. The highest BCUT2D eigenvalue weighted by Gasteiger charge is 2.14. The summed E-state index contributed by atoms with van der Waals surface area (Å²) >= 11 is 0. The molecule has 1 aromatic carbocycles. The first-order valence-corrected chi connectivity index (χ1v) is 6.54. The molecule has 0 amide bonds. The molecule has 2 nitrogen and oxygen atoms in total. The fourth-order valence-electron chi connectivity index (χ4n) is 2.61. The van der Waals surface area contributed by atoms with Gasteiger partial charge in [0.15, 0.2) is 0 Å². The summed E-state index contributed by atoms with van der Waals surface area (Å²) in [5.74, 6) is 0.901. The maximum absolute atomic E-state index is 9.06. The Labute approximate surface area is 104 Å². The second kappa shape index (κ2) is 5.72. The van der Waals surface area contributed by atoms with Gasteiger partial charge in [-0.15, -0.1) is 0 Å². The zero-order valence-electron chi connectivity index (χ0n) is 10.5. The van der Waals surface area contributed by atoms with E-state index in [0.717, 1.165) is 29.3 Å². The van der Waals surface area contributed by atoms with E-state index < -0.39 is 0 Å². The summed E-state index contributed by atoms with van der Waals surface area (Å²) in [6, 6.07) is 8.27. The molecular formula is C15H20N2. The third kappa shape index (κ3) is 3.23. The minimum atomic E-state index is 0.761. The fourth-order valence-corrected chi connectivity index (χ4v) is 2.61. The number of nitrogens with one attached hydrogen (secondary N) is 1. The van der Waals surface area contributed by atoms with Crippen LogP contribution in [0, 0.1) is 24.2 Å². The highest BCUT2D eigenvalue weighted by molar-refractivity contribution is 5.58. The lowest BCUT2D eigenvalue weighted by Crippen LogP contribution is -2.07. The van der Waals surface area contributed by atoms with Crippen molar-refractivity contribution in [3.63, 3.8) is 0 Å². The fraction of sp³-hybridized carbons (Fsp3) is 0.533. The second-order valence-corrected chi connectivity index (χ2v) is 5.03. The summed E-state index contributed by atoms with van der Waals surface area (Å²) in [4.78, 5) is 0. The van der Waals surface area contributed by atoms with Crippen LogP contribution >= 0.6 is 0 Å². The number of benzene rings is 1. The molecule has 90 valence electrons. The molecule has 2 heteroatoms. The molecule has 1 saturated carbocycles. The normalized spacial score (nSPS) is 15.8. The van der Waals surface area contributed by atoms with Gasteiger partial charge in [-0.3, -0.25) is 0 Å². The lowest BCUT2D eigenvalue weighted by atomic mass is 10.0. The number of nitrogens with zero attached hydrogens (tertiary/aromatic N) is 1. The number of aryl methyl sites for hydroxylation is 1. The van der Waals surface area contributed by atoms with Gasteiger partial charge in [0.1, 0.15) is 6.07 Å². The Hall–Kier alpha value is -1.49. The van der Waals surface area contributed by atoms with Crippen molar-refractivity contribution in [2.45, 2.75) is 39.0 Å². The summed E-state index contributed by atoms with van der Waals surface area (Å²) in [5.41, 5.74) is 2.88. The Morgan fingerprint density at radius 1 is 1.35 bits per heavy atom. The van der Waals surface area contributed by atoms with E-state index in [1.165, 1.54) is 32.1 Å². The SMILES string of the molecule is Cc1ccc(NCCC2CCCC2)c(C#N)c1. The van der Waals surface area contributed by atoms with Crippen LogP contribution in [0.1, 0.15) is 43.2 Å². The Kier molecular flexibility index (Phi) is 4.03. The maximum Gasteiger partial charge on any atom is 0.101 e. The van der Waals surface area contributed by atoms with E-state index in [1.807, 2.05) is 19.1 Å². The van der Waals surface area contributed by atoms with Gasteiger partial charge in [-0.25, -0.2) is 0 Å². The average Bonchev–Trinajstić information content (AvgIpc) is 2.84. The van der Waals surface area contributed by atoms with Crippen molar-refractivity contribution < 1.29 is 0 Å². The van der Waals surface area contributed by atoms with Gasteiger partial charge in [-0.1, -0.05) is 31.7 Å². The Morgan fingerprint density at radius 2 is 2.12 bits per heavy atom. The van der Waals surface area contributed by atoms with Gasteiger partial charge in [0.25, 0.3) is 0 Å². The van der Waals surface area contributed by atoms with Gasteiger partial charge < -0.3 is 5.32 Å². The van der Waals surface area contributed by atoms with Crippen molar-refractivity contribution in [3.8, 4) is 6.07 Å². The summed E-state index contributed by atoms with van der Waals surface area (Å²) in [7, 11) is 0. The highest BCUT2D eigenvalue weighted by atomic mass is 14.9. The van der Waals surface area contributed by atoms with Crippen molar-refractivity contribution in [1.82, 2.24) is 0 Å². The third-order valence-corrected chi connectivity index (χ3v) is 3.64. The van der Waals surface area contributed by atoms with E-state index in [4.69, 9.17) is 5.26 Å². The van der Waals surface area contributed by atoms with E-state index >= 15 is 0 Å². The predicted octanol–water partition coefficient (Wildman–Crippen LogP) is 3.86. The van der Waals surface area contributed by atoms with E-state index in [1.54, 1.807) is 0 Å². The third-order valence-electron chi connectivity index (χ3n) is 3.64. The number of anilines is 1. The molecule has 0 aliphatic heterocycles. The van der Waals surface area contributed by atoms with Gasteiger partial charge in [0.05, 0.1) is 11.3 Å². The number of hydrogen-bond donors (Lipinski definition) is 1. The highest BCUT2D eigenvalue weighted by Crippen LogP contribution is 2.27. The molecule has 1 aromatic rings. The van der Waals surface area contributed by atoms with E-state index in [9.17, 15) is 0 Å². The molecule has 0 saturated heterocycles. The minimum Gasteiger partial charge on any atom is -0.384 e. The van der Waals surface area contributed by atoms with E-state index in [0.29, 0.717) is 0 Å². The molecule has 1 fully saturated rings. The van der Waals surface area contributed by atoms with Crippen LogP contribution in [0.5, 0.6) is 0 Å². The molecule has 1 aliphatic rings. The van der Waals surface area contributed by atoms with Crippen molar-refractivity contribution in [2.75, 3.05) is 11.9 Å². The van der Waals surface area contributed by atoms with Crippen LogP contribution in [0.15, 0.2) is 18.2 Å². The topological polar surface area (TPSA) is 35.8 Å².